The number of carbonyl (C=O) groups excluding carboxylic acids is 1. The van der Waals surface area contributed by atoms with Crippen molar-refractivity contribution in [2.75, 3.05) is 33.0 Å². The molecule has 1 unspecified atom stereocenters. The lowest BCUT2D eigenvalue weighted by atomic mass is 10.1. The second kappa shape index (κ2) is 8.75. The van der Waals surface area contributed by atoms with Crippen LogP contribution in [0.3, 0.4) is 0 Å². The minimum Gasteiger partial charge on any atom is -0.486 e. The van der Waals surface area contributed by atoms with Crippen molar-refractivity contribution in [3.8, 4) is 0 Å². The van der Waals surface area contributed by atoms with Crippen LogP contribution >= 0.6 is 0 Å². The molecule has 154 valence electrons. The van der Waals surface area contributed by atoms with Crippen molar-refractivity contribution in [3.63, 3.8) is 0 Å². The molecule has 8 heteroatoms. The molecule has 1 aliphatic rings. The van der Waals surface area contributed by atoms with Crippen molar-refractivity contribution in [2.24, 2.45) is 0 Å². The molecule has 1 heterocycles. The van der Waals surface area contributed by atoms with Crippen molar-refractivity contribution < 1.29 is 22.3 Å². The normalized spacial score (nSPS) is 17.0. The van der Waals surface area contributed by atoms with Gasteiger partial charge in [0.05, 0.1) is 11.8 Å². The first-order valence-electron chi connectivity index (χ1n) is 9.15. The number of rotatable bonds is 6. The van der Waals surface area contributed by atoms with E-state index in [1.165, 1.54) is 12.1 Å². The summed E-state index contributed by atoms with van der Waals surface area (Å²) >= 11 is 0. The molecule has 3 rings (SSSR count). The van der Waals surface area contributed by atoms with Crippen LogP contribution in [0.4, 0.5) is 4.39 Å². The molecule has 0 radical (unpaired) electrons. The van der Waals surface area contributed by atoms with Crippen LogP contribution < -0.4 is 5.32 Å². The number of halogens is 1. The summed E-state index contributed by atoms with van der Waals surface area (Å²) in [5, 5.41) is 2.76. The Morgan fingerprint density at radius 1 is 1.14 bits per heavy atom. The van der Waals surface area contributed by atoms with Gasteiger partial charge in [-0.2, -0.15) is 0 Å². The summed E-state index contributed by atoms with van der Waals surface area (Å²) in [5.41, 5.74) is 1.24. The average molecular weight is 418 g/mol. The fraction of sp³-hybridized carbons (Fsp3) is 0.286. The number of benzene rings is 2. The third-order valence-corrected chi connectivity index (χ3v) is 6.44. The molecule has 6 nitrogen and oxygen atoms in total. The molecule has 1 amide bonds. The average Bonchev–Trinajstić information content (AvgIpc) is 2.69. The van der Waals surface area contributed by atoms with Crippen LogP contribution in [0.25, 0.3) is 4.91 Å². The van der Waals surface area contributed by atoms with E-state index in [-0.39, 0.29) is 41.4 Å². The smallest absolute Gasteiger partial charge is 0.287 e. The molecule has 0 spiro atoms. The topological polar surface area (TPSA) is 75.7 Å². The number of amides is 1. The van der Waals surface area contributed by atoms with Crippen molar-refractivity contribution in [1.82, 2.24) is 10.2 Å². The van der Waals surface area contributed by atoms with E-state index in [0.29, 0.717) is 5.56 Å². The standard InChI is InChI=1S/C21H23FN2O4S/c1-24(2)18(15-8-10-17(22)11-9-15)14-23-21(25)19-20(16-6-4-3-5-7-16)29(26,27)13-12-28-19/h3-11,18H,12-14H2,1-2H3,(H,23,25). The van der Waals surface area contributed by atoms with Gasteiger partial charge in [0.15, 0.2) is 9.84 Å². The predicted octanol–water partition coefficient (Wildman–Crippen LogP) is 2.36. The number of sulfone groups is 1. The first-order valence-corrected chi connectivity index (χ1v) is 10.8. The van der Waals surface area contributed by atoms with Gasteiger partial charge in [-0.3, -0.25) is 4.79 Å². The van der Waals surface area contributed by atoms with Crippen LogP contribution in [0.5, 0.6) is 0 Å². The molecule has 0 bridgehead atoms. The van der Waals surface area contributed by atoms with Gasteiger partial charge < -0.3 is 15.0 Å². The van der Waals surface area contributed by atoms with Crippen molar-refractivity contribution in [1.29, 1.82) is 0 Å². The number of hydrogen-bond donors (Lipinski definition) is 1. The Labute approximate surface area is 169 Å². The van der Waals surface area contributed by atoms with E-state index in [0.717, 1.165) is 5.56 Å². The van der Waals surface area contributed by atoms with E-state index in [9.17, 15) is 17.6 Å². The summed E-state index contributed by atoms with van der Waals surface area (Å²) in [4.78, 5) is 14.6. The van der Waals surface area contributed by atoms with Crippen LogP contribution in [0, 0.1) is 5.82 Å². The highest BCUT2D eigenvalue weighted by atomic mass is 32.2. The van der Waals surface area contributed by atoms with Crippen LogP contribution in [0.15, 0.2) is 60.4 Å². The summed E-state index contributed by atoms with van der Waals surface area (Å²) in [6.07, 6.45) is 0. The monoisotopic (exact) mass is 418 g/mol. The van der Waals surface area contributed by atoms with Gasteiger partial charge in [-0.15, -0.1) is 0 Å². The Bertz CT molecular complexity index is 1000. The lowest BCUT2D eigenvalue weighted by Gasteiger charge is -2.26. The fourth-order valence-electron chi connectivity index (χ4n) is 3.18. The Morgan fingerprint density at radius 2 is 1.79 bits per heavy atom. The number of hydrogen-bond acceptors (Lipinski definition) is 5. The molecule has 1 atom stereocenters. The quantitative estimate of drug-likeness (QED) is 0.780. The Balaban J connectivity index is 1.87. The van der Waals surface area contributed by atoms with Crippen LogP contribution in [-0.4, -0.2) is 52.2 Å². The molecular weight excluding hydrogens is 395 g/mol. The van der Waals surface area contributed by atoms with Crippen LogP contribution in [0.2, 0.25) is 0 Å². The van der Waals surface area contributed by atoms with Crippen molar-refractivity contribution in [3.05, 3.63) is 77.3 Å². The van der Waals surface area contributed by atoms with Gasteiger partial charge in [0.2, 0.25) is 5.76 Å². The first-order chi connectivity index (χ1) is 13.8. The molecule has 0 aromatic heterocycles. The SMILES string of the molecule is CN(C)C(CNC(=O)C1=C(c2ccccc2)S(=O)(=O)CCO1)c1ccc(F)cc1. The maximum atomic E-state index is 13.2. The van der Waals surface area contributed by atoms with E-state index in [1.807, 2.05) is 19.0 Å². The van der Waals surface area contributed by atoms with Crippen LogP contribution in [-0.2, 0) is 19.4 Å². The second-order valence-electron chi connectivity index (χ2n) is 6.93. The summed E-state index contributed by atoms with van der Waals surface area (Å²) in [5.74, 6) is -1.31. The molecule has 2 aromatic carbocycles. The summed E-state index contributed by atoms with van der Waals surface area (Å²) in [6, 6.07) is 14.3. The molecule has 0 aliphatic carbocycles. The summed E-state index contributed by atoms with van der Waals surface area (Å²) < 4.78 is 44.0. The molecular formula is C21H23FN2O4S. The van der Waals surface area contributed by atoms with Gasteiger partial charge in [0.1, 0.15) is 17.3 Å². The molecule has 0 fully saturated rings. The lowest BCUT2D eigenvalue weighted by molar-refractivity contribution is -0.121. The molecule has 29 heavy (non-hydrogen) atoms. The first kappa shape index (κ1) is 21.0. The minimum absolute atomic E-state index is 0.0729. The molecule has 0 saturated heterocycles. The van der Waals surface area contributed by atoms with Gasteiger partial charge in [-0.05, 0) is 37.4 Å². The molecule has 1 aliphatic heterocycles. The van der Waals surface area contributed by atoms with E-state index in [2.05, 4.69) is 5.32 Å². The Hall–Kier alpha value is -2.71. The number of carbonyl (C=O) groups is 1. The number of ether oxygens (including phenoxy) is 1. The highest BCUT2D eigenvalue weighted by Gasteiger charge is 2.33. The zero-order valence-corrected chi connectivity index (χ0v) is 17.1. The van der Waals surface area contributed by atoms with Gasteiger partial charge in [0, 0.05) is 6.54 Å². The minimum atomic E-state index is -3.64. The second-order valence-corrected chi connectivity index (χ2v) is 8.98. The highest BCUT2D eigenvalue weighted by molar-refractivity contribution is 8.00. The van der Waals surface area contributed by atoms with Gasteiger partial charge in [0.25, 0.3) is 5.91 Å². The molecule has 0 saturated carbocycles. The zero-order valence-electron chi connectivity index (χ0n) is 16.3. The van der Waals surface area contributed by atoms with Crippen molar-refractivity contribution >= 4 is 20.6 Å². The van der Waals surface area contributed by atoms with E-state index < -0.39 is 15.7 Å². The lowest BCUT2D eigenvalue weighted by Crippen LogP contribution is -2.37. The zero-order chi connectivity index (χ0) is 21.0. The van der Waals surface area contributed by atoms with Crippen molar-refractivity contribution in [2.45, 2.75) is 6.04 Å². The molecule has 1 N–H and O–H groups in total. The van der Waals surface area contributed by atoms with E-state index in [1.54, 1.807) is 42.5 Å². The Kier molecular flexibility index (Phi) is 6.34. The maximum absolute atomic E-state index is 13.2. The molecule has 2 aromatic rings. The Morgan fingerprint density at radius 3 is 2.41 bits per heavy atom. The van der Waals surface area contributed by atoms with Gasteiger partial charge in [-0.1, -0.05) is 42.5 Å². The summed E-state index contributed by atoms with van der Waals surface area (Å²) in [6.45, 7) is 0.128. The maximum Gasteiger partial charge on any atom is 0.287 e. The fourth-order valence-corrected chi connectivity index (χ4v) is 4.62. The summed E-state index contributed by atoms with van der Waals surface area (Å²) in [7, 11) is 0.0464. The van der Waals surface area contributed by atoms with Gasteiger partial charge in [-0.25, -0.2) is 12.8 Å². The third kappa shape index (κ3) is 4.83. The predicted molar refractivity (Wildman–Crippen MR) is 109 cm³/mol. The van der Waals surface area contributed by atoms with E-state index >= 15 is 0 Å². The number of likely N-dealkylation sites (N-methyl/N-ethyl adjacent to an activating group) is 1. The third-order valence-electron chi connectivity index (χ3n) is 4.69. The number of nitrogens with one attached hydrogen (secondary N) is 1. The largest absolute Gasteiger partial charge is 0.486 e. The van der Waals surface area contributed by atoms with Crippen LogP contribution in [0.1, 0.15) is 17.2 Å². The van der Waals surface area contributed by atoms with E-state index in [4.69, 9.17) is 4.74 Å². The number of nitrogens with zero attached hydrogens (tertiary/aromatic N) is 1. The van der Waals surface area contributed by atoms with Gasteiger partial charge >= 0.3 is 0 Å². The highest BCUT2D eigenvalue weighted by Crippen LogP contribution is 2.30.